The fourth-order valence-corrected chi connectivity index (χ4v) is 3.17. The normalized spacial score (nSPS) is 16.6. The molecule has 0 aromatic heterocycles. The highest BCUT2D eigenvalue weighted by Gasteiger charge is 2.28. The summed E-state index contributed by atoms with van der Waals surface area (Å²) >= 11 is 0. The Balaban J connectivity index is 1.82. The van der Waals surface area contributed by atoms with E-state index in [1.165, 1.54) is 16.7 Å². The van der Waals surface area contributed by atoms with Crippen LogP contribution in [0.1, 0.15) is 46.4 Å². The van der Waals surface area contributed by atoms with Gasteiger partial charge in [0.1, 0.15) is 0 Å². The second-order valence-electron chi connectivity index (χ2n) is 5.72. The summed E-state index contributed by atoms with van der Waals surface area (Å²) < 4.78 is 0. The molecule has 2 aromatic rings. The van der Waals surface area contributed by atoms with Gasteiger partial charge in [-0.15, -0.1) is 0 Å². The SMILES string of the molecule is CCc1ccc(C(=O)N(C)C2CCc3ccccc32)cc1. The van der Waals surface area contributed by atoms with Crippen molar-refractivity contribution in [1.29, 1.82) is 0 Å². The molecule has 2 aromatic carbocycles. The van der Waals surface area contributed by atoms with Crippen molar-refractivity contribution in [2.24, 2.45) is 0 Å². The molecule has 0 N–H and O–H groups in total. The predicted octanol–water partition coefficient (Wildman–Crippen LogP) is 4.01. The Morgan fingerprint density at radius 1 is 1.14 bits per heavy atom. The maximum atomic E-state index is 12.7. The molecule has 0 saturated carbocycles. The quantitative estimate of drug-likeness (QED) is 0.831. The van der Waals surface area contributed by atoms with Gasteiger partial charge in [0.15, 0.2) is 0 Å². The lowest BCUT2D eigenvalue weighted by Gasteiger charge is -2.25. The molecule has 0 bridgehead atoms. The van der Waals surface area contributed by atoms with Crippen molar-refractivity contribution in [3.05, 3.63) is 70.8 Å². The summed E-state index contributed by atoms with van der Waals surface area (Å²) in [7, 11) is 1.92. The molecule has 0 fully saturated rings. The first-order chi connectivity index (χ1) is 10.2. The molecule has 1 aliphatic rings. The molecule has 2 nitrogen and oxygen atoms in total. The average Bonchev–Trinajstić information content (AvgIpc) is 2.97. The zero-order valence-corrected chi connectivity index (χ0v) is 12.7. The summed E-state index contributed by atoms with van der Waals surface area (Å²) in [6.45, 7) is 2.12. The van der Waals surface area contributed by atoms with Gasteiger partial charge >= 0.3 is 0 Å². The third-order valence-electron chi connectivity index (χ3n) is 4.50. The first-order valence-corrected chi connectivity index (χ1v) is 7.64. The number of hydrogen-bond donors (Lipinski definition) is 0. The molecule has 2 heteroatoms. The zero-order chi connectivity index (χ0) is 14.8. The minimum absolute atomic E-state index is 0.111. The van der Waals surface area contributed by atoms with E-state index in [2.05, 4.69) is 31.2 Å². The van der Waals surface area contributed by atoms with Crippen LogP contribution in [0.3, 0.4) is 0 Å². The molecule has 0 radical (unpaired) electrons. The first-order valence-electron chi connectivity index (χ1n) is 7.64. The maximum absolute atomic E-state index is 12.7. The van der Waals surface area contributed by atoms with Crippen molar-refractivity contribution in [1.82, 2.24) is 4.90 Å². The van der Waals surface area contributed by atoms with Crippen LogP contribution in [-0.2, 0) is 12.8 Å². The highest BCUT2D eigenvalue weighted by Crippen LogP contribution is 2.35. The Labute approximate surface area is 126 Å². The van der Waals surface area contributed by atoms with Crippen molar-refractivity contribution in [2.45, 2.75) is 32.2 Å². The Morgan fingerprint density at radius 3 is 2.57 bits per heavy atom. The van der Waals surface area contributed by atoms with Crippen LogP contribution in [0.15, 0.2) is 48.5 Å². The van der Waals surface area contributed by atoms with Gasteiger partial charge in [-0.25, -0.2) is 0 Å². The van der Waals surface area contributed by atoms with Crippen LogP contribution in [0.2, 0.25) is 0 Å². The van der Waals surface area contributed by atoms with E-state index in [4.69, 9.17) is 0 Å². The first kappa shape index (κ1) is 13.9. The van der Waals surface area contributed by atoms with Gasteiger partial charge in [0.2, 0.25) is 0 Å². The number of benzene rings is 2. The molecule has 0 aliphatic heterocycles. The zero-order valence-electron chi connectivity index (χ0n) is 12.7. The molecule has 0 saturated heterocycles. The lowest BCUT2D eigenvalue weighted by atomic mass is 10.1. The van der Waals surface area contributed by atoms with Gasteiger partial charge < -0.3 is 4.90 Å². The van der Waals surface area contributed by atoms with E-state index in [0.717, 1.165) is 24.8 Å². The average molecular weight is 279 g/mol. The van der Waals surface area contributed by atoms with Gasteiger partial charge in [-0.05, 0) is 48.1 Å². The lowest BCUT2D eigenvalue weighted by molar-refractivity contribution is 0.0730. The number of carbonyl (C=O) groups is 1. The van der Waals surface area contributed by atoms with Gasteiger partial charge in [0, 0.05) is 12.6 Å². The van der Waals surface area contributed by atoms with E-state index < -0.39 is 0 Å². The number of fused-ring (bicyclic) bond motifs is 1. The summed E-state index contributed by atoms with van der Waals surface area (Å²) in [4.78, 5) is 14.6. The summed E-state index contributed by atoms with van der Waals surface area (Å²) in [5.74, 6) is 0.111. The minimum Gasteiger partial charge on any atom is -0.335 e. The van der Waals surface area contributed by atoms with Crippen molar-refractivity contribution >= 4 is 5.91 Å². The third kappa shape index (κ3) is 2.58. The smallest absolute Gasteiger partial charge is 0.254 e. The summed E-state index contributed by atoms with van der Waals surface area (Å²) in [6.07, 6.45) is 3.09. The van der Waals surface area contributed by atoms with Crippen LogP contribution in [-0.4, -0.2) is 17.9 Å². The highest BCUT2D eigenvalue weighted by molar-refractivity contribution is 5.94. The summed E-state index contributed by atoms with van der Waals surface area (Å²) in [5, 5.41) is 0. The van der Waals surface area contributed by atoms with Gasteiger partial charge in [0.05, 0.1) is 6.04 Å². The van der Waals surface area contributed by atoms with E-state index in [9.17, 15) is 4.79 Å². The second kappa shape index (κ2) is 5.72. The Bertz CT molecular complexity index is 645. The van der Waals surface area contributed by atoms with Gasteiger partial charge in [-0.1, -0.05) is 43.3 Å². The standard InChI is InChI=1S/C19H21NO/c1-3-14-8-10-16(11-9-14)19(21)20(2)18-13-12-15-6-4-5-7-17(15)18/h4-11,18H,3,12-13H2,1-2H3. The molecule has 108 valence electrons. The Kier molecular flexibility index (Phi) is 3.78. The van der Waals surface area contributed by atoms with E-state index in [-0.39, 0.29) is 11.9 Å². The molecule has 3 rings (SSSR count). The van der Waals surface area contributed by atoms with Crippen molar-refractivity contribution in [3.8, 4) is 0 Å². The molecule has 21 heavy (non-hydrogen) atoms. The minimum atomic E-state index is 0.111. The van der Waals surface area contributed by atoms with E-state index in [1.807, 2.05) is 36.2 Å². The van der Waals surface area contributed by atoms with Crippen LogP contribution in [0.25, 0.3) is 0 Å². The fraction of sp³-hybridized carbons (Fsp3) is 0.316. The largest absolute Gasteiger partial charge is 0.335 e. The predicted molar refractivity (Wildman–Crippen MR) is 85.4 cm³/mol. The molecule has 1 aliphatic carbocycles. The van der Waals surface area contributed by atoms with E-state index >= 15 is 0 Å². The number of carbonyl (C=O) groups excluding carboxylic acids is 1. The Morgan fingerprint density at radius 2 is 1.86 bits per heavy atom. The molecule has 0 heterocycles. The number of aryl methyl sites for hydroxylation is 2. The third-order valence-corrected chi connectivity index (χ3v) is 4.50. The molecule has 1 atom stereocenters. The summed E-state index contributed by atoms with van der Waals surface area (Å²) in [6, 6.07) is 16.6. The molecular formula is C19H21NO. The molecule has 0 spiro atoms. The van der Waals surface area contributed by atoms with Crippen LogP contribution < -0.4 is 0 Å². The second-order valence-corrected chi connectivity index (χ2v) is 5.72. The molecule has 1 amide bonds. The fourth-order valence-electron chi connectivity index (χ4n) is 3.17. The number of nitrogens with zero attached hydrogens (tertiary/aromatic N) is 1. The van der Waals surface area contributed by atoms with Gasteiger partial charge in [0.25, 0.3) is 5.91 Å². The van der Waals surface area contributed by atoms with Crippen LogP contribution in [0.5, 0.6) is 0 Å². The maximum Gasteiger partial charge on any atom is 0.254 e. The van der Waals surface area contributed by atoms with E-state index in [0.29, 0.717) is 0 Å². The number of hydrogen-bond acceptors (Lipinski definition) is 1. The van der Waals surface area contributed by atoms with Crippen LogP contribution in [0.4, 0.5) is 0 Å². The summed E-state index contributed by atoms with van der Waals surface area (Å²) in [5.41, 5.74) is 4.72. The monoisotopic (exact) mass is 279 g/mol. The van der Waals surface area contributed by atoms with Gasteiger partial charge in [-0.3, -0.25) is 4.79 Å². The Hall–Kier alpha value is -2.09. The van der Waals surface area contributed by atoms with E-state index in [1.54, 1.807) is 0 Å². The highest BCUT2D eigenvalue weighted by atomic mass is 16.2. The number of amides is 1. The topological polar surface area (TPSA) is 20.3 Å². The van der Waals surface area contributed by atoms with Crippen LogP contribution in [0, 0.1) is 0 Å². The van der Waals surface area contributed by atoms with Crippen molar-refractivity contribution in [3.63, 3.8) is 0 Å². The molecule has 1 unspecified atom stereocenters. The van der Waals surface area contributed by atoms with Gasteiger partial charge in [-0.2, -0.15) is 0 Å². The molecular weight excluding hydrogens is 258 g/mol. The van der Waals surface area contributed by atoms with Crippen LogP contribution >= 0.6 is 0 Å². The van der Waals surface area contributed by atoms with Crippen molar-refractivity contribution in [2.75, 3.05) is 7.05 Å². The lowest BCUT2D eigenvalue weighted by Crippen LogP contribution is -2.30. The van der Waals surface area contributed by atoms with Crippen molar-refractivity contribution < 1.29 is 4.79 Å². The number of rotatable bonds is 3.